The normalized spacial score (nSPS) is 11.8. The van der Waals surface area contributed by atoms with Gasteiger partial charge in [-0.2, -0.15) is 5.26 Å². The van der Waals surface area contributed by atoms with E-state index < -0.39 is 17.8 Å². The van der Waals surface area contributed by atoms with Crippen molar-refractivity contribution in [3.05, 3.63) is 53.2 Å². The number of carbonyl (C=O) groups excluding carboxylic acids is 2. The van der Waals surface area contributed by atoms with Gasteiger partial charge in [-0.15, -0.1) is 0 Å². The fourth-order valence-electron chi connectivity index (χ4n) is 2.88. The number of furan rings is 1. The van der Waals surface area contributed by atoms with Crippen LogP contribution >= 0.6 is 0 Å². The van der Waals surface area contributed by atoms with Crippen LogP contribution < -0.4 is 4.90 Å². The molecule has 0 aliphatic rings. The second kappa shape index (κ2) is 9.85. The first kappa shape index (κ1) is 22.1. The molecule has 0 spiro atoms. The van der Waals surface area contributed by atoms with Gasteiger partial charge in [-0.3, -0.25) is 9.69 Å². The molecule has 0 saturated heterocycles. The van der Waals surface area contributed by atoms with Gasteiger partial charge in [-0.1, -0.05) is 0 Å². The molecule has 0 saturated carbocycles. The summed E-state index contributed by atoms with van der Waals surface area (Å²) in [6.07, 6.45) is 0.152. The SMILES string of the molecule is COC(=O)c1cc(CN(C)C(C)C(=O)N(CCC#N)c2ccc(F)cc2)oc1C. The molecule has 1 atom stereocenters. The van der Waals surface area contributed by atoms with Crippen molar-refractivity contribution in [1.29, 1.82) is 5.26 Å². The lowest BCUT2D eigenvalue weighted by atomic mass is 10.2. The first-order chi connectivity index (χ1) is 13.8. The predicted octanol–water partition coefficient (Wildman–Crippen LogP) is 3.28. The van der Waals surface area contributed by atoms with Gasteiger partial charge in [0.2, 0.25) is 5.91 Å². The molecule has 1 aromatic carbocycles. The minimum absolute atomic E-state index is 0.152. The van der Waals surface area contributed by atoms with E-state index in [1.165, 1.54) is 36.3 Å². The molecule has 0 fully saturated rings. The van der Waals surface area contributed by atoms with Crippen LogP contribution in [0.3, 0.4) is 0 Å². The number of benzene rings is 1. The molecule has 2 aromatic rings. The molecule has 0 aliphatic heterocycles. The van der Waals surface area contributed by atoms with Gasteiger partial charge in [0.05, 0.1) is 32.2 Å². The Balaban J connectivity index is 2.16. The number of hydrogen-bond donors (Lipinski definition) is 0. The third-order valence-electron chi connectivity index (χ3n) is 4.65. The summed E-state index contributed by atoms with van der Waals surface area (Å²) >= 11 is 0. The van der Waals surface area contributed by atoms with Crippen molar-refractivity contribution < 1.29 is 23.1 Å². The largest absolute Gasteiger partial charge is 0.465 e. The van der Waals surface area contributed by atoms with E-state index in [-0.39, 0.29) is 18.9 Å². The summed E-state index contributed by atoms with van der Waals surface area (Å²) in [6, 6.07) is 8.64. The van der Waals surface area contributed by atoms with Crippen LogP contribution in [0.15, 0.2) is 34.7 Å². The third-order valence-corrected chi connectivity index (χ3v) is 4.65. The zero-order valence-electron chi connectivity index (χ0n) is 16.9. The number of rotatable bonds is 8. The molecular weight excluding hydrogens is 377 g/mol. The lowest BCUT2D eigenvalue weighted by Gasteiger charge is -2.29. The number of anilines is 1. The number of hydrogen-bond acceptors (Lipinski definition) is 6. The van der Waals surface area contributed by atoms with Crippen LogP contribution in [-0.2, 0) is 16.1 Å². The Labute approximate surface area is 169 Å². The molecule has 7 nitrogen and oxygen atoms in total. The summed E-state index contributed by atoms with van der Waals surface area (Å²) in [5, 5.41) is 8.92. The van der Waals surface area contributed by atoms with E-state index in [1.807, 2.05) is 6.07 Å². The number of amides is 1. The molecule has 1 amide bonds. The fraction of sp³-hybridized carbons (Fsp3) is 0.381. The van der Waals surface area contributed by atoms with Crippen LogP contribution in [0.1, 0.15) is 35.2 Å². The lowest BCUT2D eigenvalue weighted by molar-refractivity contribution is -0.123. The zero-order valence-corrected chi connectivity index (χ0v) is 16.9. The van der Waals surface area contributed by atoms with Gasteiger partial charge in [-0.25, -0.2) is 9.18 Å². The molecular formula is C21H24FN3O4. The number of likely N-dealkylation sites (N-methyl/N-ethyl adjacent to an activating group) is 1. The van der Waals surface area contributed by atoms with Gasteiger partial charge in [0.15, 0.2) is 0 Å². The van der Waals surface area contributed by atoms with E-state index in [1.54, 1.807) is 31.9 Å². The van der Waals surface area contributed by atoms with E-state index in [9.17, 15) is 14.0 Å². The Bertz CT molecular complexity index is 902. The highest BCUT2D eigenvalue weighted by Crippen LogP contribution is 2.20. The Morgan fingerprint density at radius 3 is 2.55 bits per heavy atom. The number of nitrogens with zero attached hydrogens (tertiary/aromatic N) is 3. The first-order valence-corrected chi connectivity index (χ1v) is 9.10. The van der Waals surface area contributed by atoms with Crippen LogP contribution in [-0.4, -0.2) is 43.5 Å². The number of esters is 1. The van der Waals surface area contributed by atoms with E-state index >= 15 is 0 Å². The number of methoxy groups -OCH3 is 1. The lowest BCUT2D eigenvalue weighted by Crippen LogP contribution is -2.46. The molecule has 1 unspecified atom stereocenters. The van der Waals surface area contributed by atoms with Crippen molar-refractivity contribution >= 4 is 17.6 Å². The maximum Gasteiger partial charge on any atom is 0.341 e. The second-order valence-electron chi connectivity index (χ2n) is 6.64. The molecule has 8 heteroatoms. The van der Waals surface area contributed by atoms with Gasteiger partial charge in [-0.05, 0) is 51.2 Å². The summed E-state index contributed by atoms with van der Waals surface area (Å²) in [6.45, 7) is 3.90. The van der Waals surface area contributed by atoms with Crippen molar-refractivity contribution in [2.24, 2.45) is 0 Å². The molecule has 0 aliphatic carbocycles. The molecule has 0 radical (unpaired) electrons. The minimum atomic E-state index is -0.550. The maximum atomic E-state index is 13.2. The Hall–Kier alpha value is -3.18. The highest BCUT2D eigenvalue weighted by atomic mass is 19.1. The number of halogens is 1. The van der Waals surface area contributed by atoms with E-state index in [2.05, 4.69) is 0 Å². The molecule has 0 N–H and O–H groups in total. The first-order valence-electron chi connectivity index (χ1n) is 9.10. The quantitative estimate of drug-likeness (QED) is 0.631. The van der Waals surface area contributed by atoms with Crippen molar-refractivity contribution in [2.75, 3.05) is 25.6 Å². The molecule has 29 heavy (non-hydrogen) atoms. The Morgan fingerprint density at radius 2 is 1.97 bits per heavy atom. The summed E-state index contributed by atoms with van der Waals surface area (Å²) in [5.74, 6) is -0.146. The summed E-state index contributed by atoms with van der Waals surface area (Å²) < 4.78 is 23.6. The molecule has 154 valence electrons. The number of ether oxygens (including phenoxy) is 1. The van der Waals surface area contributed by atoms with Gasteiger partial charge < -0.3 is 14.1 Å². The molecule has 1 heterocycles. The van der Waals surface area contributed by atoms with Crippen LogP contribution in [0.5, 0.6) is 0 Å². The van der Waals surface area contributed by atoms with E-state index in [4.69, 9.17) is 14.4 Å². The highest BCUT2D eigenvalue weighted by Gasteiger charge is 2.26. The van der Waals surface area contributed by atoms with Crippen molar-refractivity contribution in [3.63, 3.8) is 0 Å². The van der Waals surface area contributed by atoms with Gasteiger partial charge in [0, 0.05) is 12.2 Å². The van der Waals surface area contributed by atoms with Gasteiger partial charge in [0.1, 0.15) is 22.9 Å². The second-order valence-corrected chi connectivity index (χ2v) is 6.64. The molecule has 0 bridgehead atoms. The summed E-state index contributed by atoms with van der Waals surface area (Å²) in [7, 11) is 3.05. The summed E-state index contributed by atoms with van der Waals surface area (Å²) in [5.41, 5.74) is 0.866. The van der Waals surface area contributed by atoms with E-state index in [0.29, 0.717) is 29.3 Å². The van der Waals surface area contributed by atoms with Crippen LogP contribution in [0.2, 0.25) is 0 Å². The van der Waals surface area contributed by atoms with Crippen molar-refractivity contribution in [2.45, 2.75) is 32.9 Å². The average Bonchev–Trinajstić information content (AvgIpc) is 3.07. The van der Waals surface area contributed by atoms with E-state index in [0.717, 1.165) is 0 Å². The van der Waals surface area contributed by atoms with Gasteiger partial charge >= 0.3 is 5.97 Å². The smallest absolute Gasteiger partial charge is 0.341 e. The fourth-order valence-corrected chi connectivity index (χ4v) is 2.88. The monoisotopic (exact) mass is 401 g/mol. The standard InChI is InChI=1S/C21H24FN3O4/c1-14(24(3)13-18-12-19(15(2)29-18)21(27)28-4)20(26)25(11-5-10-23)17-8-6-16(22)7-9-17/h6-9,12,14H,5,11,13H2,1-4H3. The van der Waals surface area contributed by atoms with Crippen LogP contribution in [0, 0.1) is 24.1 Å². The van der Waals surface area contributed by atoms with Crippen molar-refractivity contribution in [3.8, 4) is 6.07 Å². The zero-order chi connectivity index (χ0) is 21.6. The third kappa shape index (κ3) is 5.42. The molecule has 2 rings (SSSR count). The Morgan fingerprint density at radius 1 is 1.31 bits per heavy atom. The number of carbonyl (C=O) groups is 2. The minimum Gasteiger partial charge on any atom is -0.465 e. The molecule has 1 aromatic heterocycles. The maximum absolute atomic E-state index is 13.2. The number of nitriles is 1. The van der Waals surface area contributed by atoms with Crippen LogP contribution in [0.4, 0.5) is 10.1 Å². The highest BCUT2D eigenvalue weighted by molar-refractivity contribution is 5.97. The van der Waals surface area contributed by atoms with Crippen molar-refractivity contribution in [1.82, 2.24) is 4.90 Å². The van der Waals surface area contributed by atoms with Crippen LogP contribution in [0.25, 0.3) is 0 Å². The predicted molar refractivity (Wildman–Crippen MR) is 105 cm³/mol. The summed E-state index contributed by atoms with van der Waals surface area (Å²) in [4.78, 5) is 28.0. The number of aryl methyl sites for hydroxylation is 1. The average molecular weight is 401 g/mol. The Kier molecular flexibility index (Phi) is 7.51. The van der Waals surface area contributed by atoms with Gasteiger partial charge in [0.25, 0.3) is 0 Å². The topological polar surface area (TPSA) is 86.8 Å².